The number of ether oxygens (including phenoxy) is 1. The Bertz CT molecular complexity index is 1160. The summed E-state index contributed by atoms with van der Waals surface area (Å²) >= 11 is 0. The monoisotopic (exact) mass is 427 g/mol. The molecule has 2 aromatic carbocycles. The van der Waals surface area contributed by atoms with Crippen molar-refractivity contribution in [2.45, 2.75) is 24.3 Å². The fourth-order valence-electron chi connectivity index (χ4n) is 3.74. The summed E-state index contributed by atoms with van der Waals surface area (Å²) in [4.78, 5) is 16.0. The first-order chi connectivity index (χ1) is 14.4. The van der Waals surface area contributed by atoms with Crippen LogP contribution < -0.4 is 4.74 Å². The predicted molar refractivity (Wildman–Crippen MR) is 115 cm³/mol. The van der Waals surface area contributed by atoms with Crippen molar-refractivity contribution >= 4 is 27.0 Å². The van der Waals surface area contributed by atoms with Crippen molar-refractivity contribution in [3.8, 4) is 5.75 Å². The minimum Gasteiger partial charge on any atom is -0.410 e. The molecule has 0 N–H and O–H groups in total. The zero-order chi connectivity index (χ0) is 21.3. The number of carbonyl (C=O) groups is 1. The number of amides is 1. The Labute approximate surface area is 176 Å². The number of hydrogen-bond acceptors (Lipinski definition) is 5. The van der Waals surface area contributed by atoms with Gasteiger partial charge in [0.1, 0.15) is 5.75 Å². The summed E-state index contributed by atoms with van der Waals surface area (Å²) < 4.78 is 33.2. The third kappa shape index (κ3) is 3.93. The number of benzene rings is 2. The average Bonchev–Trinajstić information content (AvgIpc) is 3.38. The van der Waals surface area contributed by atoms with Crippen LogP contribution in [0.2, 0.25) is 0 Å². The summed E-state index contributed by atoms with van der Waals surface area (Å²) in [6, 6.07) is 13.6. The number of nitrogens with zero attached hydrogens (tertiary/aromatic N) is 3. The third-order valence-corrected chi connectivity index (χ3v) is 7.00. The predicted octanol–water partition coefficient (Wildman–Crippen LogP) is 3.53. The maximum absolute atomic E-state index is 13.2. The summed E-state index contributed by atoms with van der Waals surface area (Å²) in [5.41, 5.74) is 1.44. The van der Waals surface area contributed by atoms with E-state index in [4.69, 9.17) is 4.74 Å². The van der Waals surface area contributed by atoms with Crippen LogP contribution in [0.4, 0.5) is 4.79 Å². The van der Waals surface area contributed by atoms with Gasteiger partial charge in [-0.1, -0.05) is 18.2 Å². The minimum absolute atomic E-state index is 0.208. The Morgan fingerprint density at radius 1 is 1.07 bits per heavy atom. The largest absolute Gasteiger partial charge is 0.414 e. The minimum atomic E-state index is -3.78. The van der Waals surface area contributed by atoms with E-state index in [1.807, 2.05) is 12.1 Å². The molecule has 3 aromatic rings. The van der Waals surface area contributed by atoms with Crippen molar-refractivity contribution in [3.63, 3.8) is 0 Å². The molecule has 4 rings (SSSR count). The highest BCUT2D eigenvalue weighted by Crippen LogP contribution is 2.31. The van der Waals surface area contributed by atoms with Gasteiger partial charge < -0.3 is 9.64 Å². The number of rotatable bonds is 5. The Morgan fingerprint density at radius 2 is 1.77 bits per heavy atom. The first kappa shape index (κ1) is 20.4. The van der Waals surface area contributed by atoms with Crippen LogP contribution >= 0.6 is 0 Å². The van der Waals surface area contributed by atoms with Crippen LogP contribution in [0.5, 0.6) is 5.75 Å². The SMILES string of the molecule is CN(C)C(=O)Oc1cc(CN2CCCC2)c2ccn(S(=O)(=O)c3ccccc3)c2c1. The van der Waals surface area contributed by atoms with Crippen molar-refractivity contribution in [3.05, 3.63) is 60.3 Å². The Balaban J connectivity index is 1.83. The third-order valence-electron chi connectivity index (χ3n) is 5.29. The fraction of sp³-hybridized carbons (Fsp3) is 0.318. The summed E-state index contributed by atoms with van der Waals surface area (Å²) in [6.07, 6.45) is 3.37. The molecule has 0 saturated carbocycles. The summed E-state index contributed by atoms with van der Waals surface area (Å²) in [5, 5.41) is 0.839. The second kappa shape index (κ2) is 8.12. The summed E-state index contributed by atoms with van der Waals surface area (Å²) in [6.45, 7) is 2.69. The topological polar surface area (TPSA) is 71.8 Å². The molecule has 1 aliphatic heterocycles. The van der Waals surface area contributed by atoms with E-state index in [0.29, 0.717) is 17.8 Å². The number of likely N-dealkylation sites (tertiary alicyclic amines) is 1. The van der Waals surface area contributed by atoms with Gasteiger partial charge in [0.15, 0.2) is 0 Å². The normalized spacial score (nSPS) is 14.9. The van der Waals surface area contributed by atoms with Gasteiger partial charge in [-0.05, 0) is 55.8 Å². The molecule has 30 heavy (non-hydrogen) atoms. The number of fused-ring (bicyclic) bond motifs is 1. The second-order valence-corrected chi connectivity index (χ2v) is 9.51. The molecule has 1 saturated heterocycles. The average molecular weight is 428 g/mol. The van der Waals surface area contributed by atoms with E-state index < -0.39 is 16.1 Å². The van der Waals surface area contributed by atoms with E-state index in [9.17, 15) is 13.2 Å². The van der Waals surface area contributed by atoms with E-state index in [1.54, 1.807) is 56.7 Å². The van der Waals surface area contributed by atoms with Gasteiger partial charge in [0, 0.05) is 38.3 Å². The highest BCUT2D eigenvalue weighted by Gasteiger charge is 2.22. The standard InChI is InChI=1S/C22H25N3O4S/c1-23(2)22(26)29-18-14-17(16-24-11-6-7-12-24)20-10-13-25(21(20)15-18)30(27,28)19-8-4-3-5-9-19/h3-5,8-10,13-15H,6-7,11-12,16H2,1-2H3. The van der Waals surface area contributed by atoms with Crippen LogP contribution in [-0.4, -0.2) is 55.5 Å². The highest BCUT2D eigenvalue weighted by molar-refractivity contribution is 7.90. The quantitative estimate of drug-likeness (QED) is 0.623. The lowest BCUT2D eigenvalue weighted by atomic mass is 10.1. The van der Waals surface area contributed by atoms with Crippen molar-refractivity contribution in [1.82, 2.24) is 13.8 Å². The summed E-state index contributed by atoms with van der Waals surface area (Å²) in [5.74, 6) is 0.332. The van der Waals surface area contributed by atoms with Gasteiger partial charge in [-0.2, -0.15) is 0 Å². The molecule has 0 aliphatic carbocycles. The molecular weight excluding hydrogens is 402 g/mol. The fourth-order valence-corrected chi connectivity index (χ4v) is 5.10. The van der Waals surface area contributed by atoms with Crippen LogP contribution in [0.3, 0.4) is 0 Å². The van der Waals surface area contributed by atoms with Crippen LogP contribution in [0.1, 0.15) is 18.4 Å². The molecule has 0 spiro atoms. The van der Waals surface area contributed by atoms with Crippen molar-refractivity contribution in [2.24, 2.45) is 0 Å². The van der Waals surface area contributed by atoms with Gasteiger partial charge in [-0.25, -0.2) is 17.2 Å². The van der Waals surface area contributed by atoms with Crippen LogP contribution in [0, 0.1) is 0 Å². The smallest absolute Gasteiger partial charge is 0.410 e. The van der Waals surface area contributed by atoms with Crippen molar-refractivity contribution in [2.75, 3.05) is 27.2 Å². The van der Waals surface area contributed by atoms with Crippen molar-refractivity contribution < 1.29 is 17.9 Å². The maximum Gasteiger partial charge on any atom is 0.414 e. The number of carbonyl (C=O) groups excluding carboxylic acids is 1. The molecule has 1 fully saturated rings. The molecule has 2 heterocycles. The Hall–Kier alpha value is -2.84. The van der Waals surface area contributed by atoms with Crippen LogP contribution in [0.15, 0.2) is 59.6 Å². The Morgan fingerprint density at radius 3 is 2.43 bits per heavy atom. The molecule has 7 nitrogen and oxygen atoms in total. The molecule has 158 valence electrons. The molecular formula is C22H25N3O4S. The molecule has 0 atom stereocenters. The lowest BCUT2D eigenvalue weighted by Gasteiger charge is -2.17. The van der Waals surface area contributed by atoms with Crippen LogP contribution in [-0.2, 0) is 16.6 Å². The first-order valence-electron chi connectivity index (χ1n) is 9.92. The highest BCUT2D eigenvalue weighted by atomic mass is 32.2. The molecule has 8 heteroatoms. The van der Waals surface area contributed by atoms with Gasteiger partial charge in [-0.3, -0.25) is 4.90 Å². The van der Waals surface area contributed by atoms with Gasteiger partial charge in [0.2, 0.25) is 0 Å². The number of hydrogen-bond donors (Lipinski definition) is 0. The molecule has 0 unspecified atom stereocenters. The van der Waals surface area contributed by atoms with Gasteiger partial charge >= 0.3 is 6.09 Å². The van der Waals surface area contributed by atoms with Gasteiger partial charge in [0.05, 0.1) is 10.4 Å². The lowest BCUT2D eigenvalue weighted by Crippen LogP contribution is -2.25. The van der Waals surface area contributed by atoms with E-state index in [-0.39, 0.29) is 4.90 Å². The van der Waals surface area contributed by atoms with Crippen molar-refractivity contribution in [1.29, 1.82) is 0 Å². The van der Waals surface area contributed by atoms with E-state index in [2.05, 4.69) is 4.90 Å². The van der Waals surface area contributed by atoms with E-state index in [0.717, 1.165) is 36.9 Å². The first-order valence-corrected chi connectivity index (χ1v) is 11.4. The second-order valence-electron chi connectivity index (χ2n) is 7.69. The maximum atomic E-state index is 13.2. The zero-order valence-electron chi connectivity index (χ0n) is 17.1. The molecule has 0 radical (unpaired) electrons. The summed E-state index contributed by atoms with van der Waals surface area (Å²) in [7, 11) is -0.564. The molecule has 1 aromatic heterocycles. The van der Waals surface area contributed by atoms with E-state index in [1.165, 1.54) is 8.87 Å². The van der Waals surface area contributed by atoms with Crippen LogP contribution in [0.25, 0.3) is 10.9 Å². The zero-order valence-corrected chi connectivity index (χ0v) is 17.9. The van der Waals surface area contributed by atoms with E-state index >= 15 is 0 Å². The lowest BCUT2D eigenvalue weighted by molar-refractivity contribution is 0.172. The Kier molecular flexibility index (Phi) is 5.53. The molecule has 1 amide bonds. The van der Waals surface area contributed by atoms with Gasteiger partial charge in [-0.15, -0.1) is 0 Å². The number of aromatic nitrogens is 1. The molecule has 1 aliphatic rings. The van der Waals surface area contributed by atoms with Gasteiger partial charge in [0.25, 0.3) is 10.0 Å². The molecule has 0 bridgehead atoms.